The second-order valence-electron chi connectivity index (χ2n) is 6.01. The smallest absolute Gasteiger partial charge is 0.224 e. The first-order chi connectivity index (χ1) is 11.1. The number of nitrogens with one attached hydrogen (secondary N) is 1. The van der Waals surface area contributed by atoms with E-state index in [9.17, 15) is 9.59 Å². The van der Waals surface area contributed by atoms with Crippen LogP contribution in [0, 0.1) is 6.92 Å². The molecule has 0 atom stereocenters. The van der Waals surface area contributed by atoms with Gasteiger partial charge in [0.1, 0.15) is 0 Å². The lowest BCUT2D eigenvalue weighted by Gasteiger charge is -2.33. The fourth-order valence-corrected chi connectivity index (χ4v) is 2.95. The highest BCUT2D eigenvalue weighted by molar-refractivity contribution is 5.79. The maximum atomic E-state index is 12.1. The summed E-state index contributed by atoms with van der Waals surface area (Å²) in [5.41, 5.74) is 2.16. The largest absolute Gasteiger partial charge is 0.381 e. The predicted molar refractivity (Wildman–Crippen MR) is 89.1 cm³/mol. The number of nitrogens with zero attached hydrogens (tertiary/aromatic N) is 1. The van der Waals surface area contributed by atoms with Crippen LogP contribution in [0.1, 0.15) is 30.9 Å². The Kier molecular flexibility index (Phi) is 6.59. The van der Waals surface area contributed by atoms with Gasteiger partial charge in [-0.15, -0.1) is 0 Å². The minimum atomic E-state index is -0.00483. The third-order valence-corrected chi connectivity index (χ3v) is 4.32. The molecule has 1 aromatic rings. The van der Waals surface area contributed by atoms with E-state index in [2.05, 4.69) is 5.32 Å². The highest BCUT2D eigenvalue weighted by atomic mass is 16.5. The molecule has 1 saturated heterocycles. The summed E-state index contributed by atoms with van der Waals surface area (Å²) in [6, 6.07) is 8.12. The molecule has 2 rings (SSSR count). The molecular weight excluding hydrogens is 292 g/mol. The molecule has 0 bridgehead atoms. The summed E-state index contributed by atoms with van der Waals surface area (Å²) in [6.45, 7) is 6.04. The molecule has 1 N–H and O–H groups in total. The summed E-state index contributed by atoms with van der Waals surface area (Å²) < 4.78 is 5.34. The normalized spacial score (nSPS) is 15.2. The molecule has 1 aliphatic rings. The first-order valence-electron chi connectivity index (χ1n) is 8.24. The number of hydrogen-bond donors (Lipinski definition) is 1. The van der Waals surface area contributed by atoms with Gasteiger partial charge in [0, 0.05) is 39.3 Å². The Bertz CT molecular complexity index is 539. The van der Waals surface area contributed by atoms with Gasteiger partial charge in [0.25, 0.3) is 0 Å². The molecule has 0 radical (unpaired) electrons. The first-order valence-corrected chi connectivity index (χ1v) is 8.24. The zero-order valence-electron chi connectivity index (χ0n) is 14.0. The Morgan fingerprint density at radius 3 is 2.61 bits per heavy atom. The van der Waals surface area contributed by atoms with Crippen LogP contribution in [-0.2, 0) is 20.7 Å². The van der Waals surface area contributed by atoms with Gasteiger partial charge >= 0.3 is 0 Å². The molecule has 0 saturated carbocycles. The summed E-state index contributed by atoms with van der Waals surface area (Å²) >= 11 is 0. The lowest BCUT2D eigenvalue weighted by atomic mass is 10.1. The van der Waals surface area contributed by atoms with Crippen molar-refractivity contribution in [2.24, 2.45) is 0 Å². The molecule has 2 amide bonds. The molecule has 5 nitrogen and oxygen atoms in total. The van der Waals surface area contributed by atoms with Crippen LogP contribution in [0.15, 0.2) is 24.3 Å². The Labute approximate surface area is 138 Å². The van der Waals surface area contributed by atoms with Gasteiger partial charge in [0.2, 0.25) is 11.8 Å². The predicted octanol–water partition coefficient (Wildman–Crippen LogP) is 1.68. The van der Waals surface area contributed by atoms with E-state index >= 15 is 0 Å². The SMILES string of the molecule is CC(=O)N(CCNC(=O)Cc1ccccc1C)C1CCOCC1. The van der Waals surface area contributed by atoms with Gasteiger partial charge in [0.15, 0.2) is 0 Å². The summed E-state index contributed by atoms with van der Waals surface area (Å²) in [6.07, 6.45) is 2.12. The zero-order chi connectivity index (χ0) is 16.7. The van der Waals surface area contributed by atoms with Gasteiger partial charge < -0.3 is 15.0 Å². The van der Waals surface area contributed by atoms with Gasteiger partial charge in [0.05, 0.1) is 6.42 Å². The monoisotopic (exact) mass is 318 g/mol. The molecule has 0 unspecified atom stereocenters. The molecule has 126 valence electrons. The molecule has 1 heterocycles. The van der Waals surface area contributed by atoms with Crippen LogP contribution < -0.4 is 5.32 Å². The number of carbonyl (C=O) groups excluding carboxylic acids is 2. The fraction of sp³-hybridized carbons (Fsp3) is 0.556. The van der Waals surface area contributed by atoms with Crippen molar-refractivity contribution in [3.63, 3.8) is 0 Å². The van der Waals surface area contributed by atoms with Crippen molar-refractivity contribution in [2.75, 3.05) is 26.3 Å². The number of amides is 2. The third kappa shape index (κ3) is 5.36. The van der Waals surface area contributed by atoms with Crippen molar-refractivity contribution >= 4 is 11.8 Å². The van der Waals surface area contributed by atoms with Crippen molar-refractivity contribution in [3.8, 4) is 0 Å². The highest BCUT2D eigenvalue weighted by Gasteiger charge is 2.23. The quantitative estimate of drug-likeness (QED) is 0.868. The van der Waals surface area contributed by atoms with E-state index in [0.717, 1.165) is 24.0 Å². The second kappa shape index (κ2) is 8.67. The minimum absolute atomic E-state index is 0.00483. The van der Waals surface area contributed by atoms with E-state index in [4.69, 9.17) is 4.74 Å². The van der Waals surface area contributed by atoms with E-state index in [1.54, 1.807) is 6.92 Å². The minimum Gasteiger partial charge on any atom is -0.381 e. The van der Waals surface area contributed by atoms with Crippen LogP contribution in [0.2, 0.25) is 0 Å². The average Bonchev–Trinajstić information content (AvgIpc) is 2.54. The molecule has 5 heteroatoms. The molecule has 1 aliphatic heterocycles. The van der Waals surface area contributed by atoms with Crippen LogP contribution in [-0.4, -0.2) is 49.1 Å². The third-order valence-electron chi connectivity index (χ3n) is 4.32. The first kappa shape index (κ1) is 17.5. The molecule has 0 aliphatic carbocycles. The standard InChI is InChI=1S/C18H26N2O3/c1-14-5-3-4-6-16(14)13-18(22)19-9-10-20(15(2)21)17-7-11-23-12-8-17/h3-6,17H,7-13H2,1-2H3,(H,19,22). The van der Waals surface area contributed by atoms with Crippen LogP contribution in [0.4, 0.5) is 0 Å². The topological polar surface area (TPSA) is 58.6 Å². The number of benzene rings is 1. The van der Waals surface area contributed by atoms with E-state index in [1.165, 1.54) is 0 Å². The second-order valence-corrected chi connectivity index (χ2v) is 6.01. The van der Waals surface area contributed by atoms with Gasteiger partial charge in [-0.05, 0) is 30.9 Å². The summed E-state index contributed by atoms with van der Waals surface area (Å²) in [7, 11) is 0. The highest BCUT2D eigenvalue weighted by Crippen LogP contribution is 2.14. The number of aryl methyl sites for hydroxylation is 1. The molecule has 1 fully saturated rings. The van der Waals surface area contributed by atoms with Crippen LogP contribution in [0.3, 0.4) is 0 Å². The van der Waals surface area contributed by atoms with Gasteiger partial charge in [-0.25, -0.2) is 0 Å². The van der Waals surface area contributed by atoms with Gasteiger partial charge in [-0.3, -0.25) is 9.59 Å². The molecule has 23 heavy (non-hydrogen) atoms. The molecular formula is C18H26N2O3. The molecule has 0 aromatic heterocycles. The van der Waals surface area contributed by atoms with E-state index in [1.807, 2.05) is 36.1 Å². The van der Waals surface area contributed by atoms with Crippen molar-refractivity contribution in [1.82, 2.24) is 10.2 Å². The number of ether oxygens (including phenoxy) is 1. The van der Waals surface area contributed by atoms with Gasteiger partial charge in [-0.1, -0.05) is 24.3 Å². The number of carbonyl (C=O) groups is 2. The van der Waals surface area contributed by atoms with E-state index in [-0.39, 0.29) is 17.9 Å². The summed E-state index contributed by atoms with van der Waals surface area (Å²) in [5, 5.41) is 2.92. The van der Waals surface area contributed by atoms with Crippen molar-refractivity contribution in [2.45, 2.75) is 39.2 Å². The Balaban J connectivity index is 1.79. The average molecular weight is 318 g/mol. The number of hydrogen-bond acceptors (Lipinski definition) is 3. The number of rotatable bonds is 6. The lowest BCUT2D eigenvalue weighted by Crippen LogP contribution is -2.46. The van der Waals surface area contributed by atoms with Crippen molar-refractivity contribution in [3.05, 3.63) is 35.4 Å². The van der Waals surface area contributed by atoms with Crippen molar-refractivity contribution < 1.29 is 14.3 Å². The maximum Gasteiger partial charge on any atom is 0.224 e. The lowest BCUT2D eigenvalue weighted by molar-refractivity contribution is -0.133. The summed E-state index contributed by atoms with van der Waals surface area (Å²) in [5.74, 6) is 0.0554. The Morgan fingerprint density at radius 1 is 1.26 bits per heavy atom. The van der Waals surface area contributed by atoms with Crippen molar-refractivity contribution in [1.29, 1.82) is 0 Å². The van der Waals surface area contributed by atoms with Gasteiger partial charge in [-0.2, -0.15) is 0 Å². The summed E-state index contributed by atoms with van der Waals surface area (Å²) in [4.78, 5) is 25.7. The fourth-order valence-electron chi connectivity index (χ4n) is 2.95. The van der Waals surface area contributed by atoms with Crippen LogP contribution >= 0.6 is 0 Å². The Hall–Kier alpha value is -1.88. The maximum absolute atomic E-state index is 12.1. The zero-order valence-corrected chi connectivity index (χ0v) is 14.0. The van der Waals surface area contributed by atoms with Crippen LogP contribution in [0.5, 0.6) is 0 Å². The van der Waals surface area contributed by atoms with Crippen LogP contribution in [0.25, 0.3) is 0 Å². The van der Waals surface area contributed by atoms with E-state index < -0.39 is 0 Å². The molecule has 1 aromatic carbocycles. The van der Waals surface area contributed by atoms with E-state index in [0.29, 0.717) is 32.7 Å². The molecule has 0 spiro atoms. The Morgan fingerprint density at radius 2 is 1.96 bits per heavy atom.